The van der Waals surface area contributed by atoms with E-state index >= 15 is 0 Å². The van der Waals surface area contributed by atoms with Crippen molar-refractivity contribution in [3.05, 3.63) is 60.0 Å². The summed E-state index contributed by atoms with van der Waals surface area (Å²) < 4.78 is 17.9. The number of rotatable bonds is 6. The molecule has 6 heteroatoms. The number of esters is 1. The first kappa shape index (κ1) is 21.5. The highest BCUT2D eigenvalue weighted by molar-refractivity contribution is 5.89. The minimum Gasteiger partial charge on any atom is -0.493 e. The zero-order chi connectivity index (χ0) is 22.2. The summed E-state index contributed by atoms with van der Waals surface area (Å²) in [6.45, 7) is 7.94. The van der Waals surface area contributed by atoms with Crippen LogP contribution in [0.15, 0.2) is 48.8 Å². The smallest absolute Gasteiger partial charge is 0.336 e. The van der Waals surface area contributed by atoms with Gasteiger partial charge in [0, 0.05) is 38.2 Å². The number of hydrogen-bond donors (Lipinski definition) is 0. The molecule has 0 unspecified atom stereocenters. The van der Waals surface area contributed by atoms with Crippen molar-refractivity contribution in [1.29, 1.82) is 0 Å². The Kier molecular flexibility index (Phi) is 5.84. The first-order valence-electron chi connectivity index (χ1n) is 10.9. The van der Waals surface area contributed by atoms with Gasteiger partial charge in [-0.05, 0) is 44.8 Å². The second-order valence-corrected chi connectivity index (χ2v) is 8.83. The second-order valence-electron chi connectivity index (χ2n) is 8.83. The van der Waals surface area contributed by atoms with Gasteiger partial charge in [0.2, 0.25) is 0 Å². The maximum absolute atomic E-state index is 12.7. The first-order chi connectivity index (χ1) is 14.9. The maximum Gasteiger partial charge on any atom is 0.336 e. The number of carbonyl (C=O) groups is 1. The summed E-state index contributed by atoms with van der Waals surface area (Å²) in [7, 11) is 5.71. The molecule has 3 atom stereocenters. The lowest BCUT2D eigenvalue weighted by Gasteiger charge is -2.33. The Hall–Kier alpha value is -2.73. The van der Waals surface area contributed by atoms with E-state index in [1.165, 1.54) is 11.1 Å². The number of hydrogen-bond acceptors (Lipinski definition) is 6. The van der Waals surface area contributed by atoms with E-state index in [1.807, 2.05) is 49.5 Å². The molecule has 3 aliphatic rings. The van der Waals surface area contributed by atoms with Crippen LogP contribution in [0.4, 0.5) is 0 Å². The molecule has 0 radical (unpaired) electrons. The first-order valence-corrected chi connectivity index (χ1v) is 10.9. The molecule has 0 saturated carbocycles. The standard InChI is InChI=1S/C25H32N2O4/c1-6-25-11-13-27(4)15-18-9-10-20(29-5)23(22(18)25)31-21(25)14-17(2)30-24(28)19-8-7-12-26(3)16-19/h6-7,9-10,12,16-17,21H,1,8,11,13-15H2,2-5H3/t17-,21-,25-/m0/s1. The molecule has 0 saturated heterocycles. The van der Waals surface area contributed by atoms with Crippen LogP contribution in [0.1, 0.15) is 37.3 Å². The third-order valence-corrected chi connectivity index (χ3v) is 6.59. The zero-order valence-corrected chi connectivity index (χ0v) is 18.9. The summed E-state index contributed by atoms with van der Waals surface area (Å²) in [6, 6.07) is 4.11. The van der Waals surface area contributed by atoms with E-state index in [0.29, 0.717) is 18.4 Å². The Bertz CT molecular complexity index is 938. The molecule has 3 heterocycles. The van der Waals surface area contributed by atoms with Gasteiger partial charge in [-0.1, -0.05) is 18.2 Å². The van der Waals surface area contributed by atoms with Crippen molar-refractivity contribution in [2.24, 2.45) is 0 Å². The number of allylic oxidation sites excluding steroid dienone is 1. The minimum absolute atomic E-state index is 0.174. The summed E-state index contributed by atoms with van der Waals surface area (Å²) in [6.07, 6.45) is 9.34. The molecule has 6 nitrogen and oxygen atoms in total. The number of methoxy groups -OCH3 is 1. The fourth-order valence-corrected chi connectivity index (χ4v) is 4.99. The number of nitrogens with zero attached hydrogens (tertiary/aromatic N) is 2. The van der Waals surface area contributed by atoms with Crippen molar-refractivity contribution in [2.45, 2.75) is 50.4 Å². The average Bonchev–Trinajstić information content (AvgIpc) is 2.97. The summed E-state index contributed by atoms with van der Waals surface area (Å²) in [4.78, 5) is 16.9. The third-order valence-electron chi connectivity index (χ3n) is 6.59. The van der Waals surface area contributed by atoms with E-state index in [-0.39, 0.29) is 23.6 Å². The summed E-state index contributed by atoms with van der Waals surface area (Å²) in [5, 5.41) is 0. The van der Waals surface area contributed by atoms with Crippen molar-refractivity contribution < 1.29 is 19.0 Å². The number of carbonyl (C=O) groups excluding carboxylic acids is 1. The van der Waals surface area contributed by atoms with Gasteiger partial charge in [-0.15, -0.1) is 6.58 Å². The highest BCUT2D eigenvalue weighted by Gasteiger charge is 2.51. The molecule has 0 amide bonds. The van der Waals surface area contributed by atoms with Gasteiger partial charge < -0.3 is 24.0 Å². The lowest BCUT2D eigenvalue weighted by Crippen LogP contribution is -2.40. The predicted octanol–water partition coefficient (Wildman–Crippen LogP) is 3.77. The van der Waals surface area contributed by atoms with Gasteiger partial charge >= 0.3 is 5.97 Å². The van der Waals surface area contributed by atoms with Crippen LogP contribution >= 0.6 is 0 Å². The van der Waals surface area contributed by atoms with Gasteiger partial charge in [-0.25, -0.2) is 4.79 Å². The Morgan fingerprint density at radius 1 is 1.42 bits per heavy atom. The van der Waals surface area contributed by atoms with Crippen molar-refractivity contribution in [3.63, 3.8) is 0 Å². The monoisotopic (exact) mass is 424 g/mol. The van der Waals surface area contributed by atoms with Crippen LogP contribution in [-0.2, 0) is 21.5 Å². The normalized spacial score (nSPS) is 25.7. The van der Waals surface area contributed by atoms with Gasteiger partial charge in [-0.2, -0.15) is 0 Å². The Morgan fingerprint density at radius 3 is 2.94 bits per heavy atom. The average molecular weight is 425 g/mol. The molecule has 1 aromatic carbocycles. The molecular formula is C25H32N2O4. The zero-order valence-electron chi connectivity index (χ0n) is 18.9. The molecule has 1 aromatic rings. The van der Waals surface area contributed by atoms with Crippen LogP contribution in [0.3, 0.4) is 0 Å². The molecule has 4 rings (SSSR count). The fraction of sp³-hybridized carbons (Fsp3) is 0.480. The quantitative estimate of drug-likeness (QED) is 0.512. The summed E-state index contributed by atoms with van der Waals surface area (Å²) >= 11 is 0. The minimum atomic E-state index is -0.336. The number of ether oxygens (including phenoxy) is 3. The third kappa shape index (κ3) is 3.85. The molecule has 0 spiro atoms. The van der Waals surface area contributed by atoms with Gasteiger partial charge in [0.15, 0.2) is 11.5 Å². The molecule has 0 fully saturated rings. The van der Waals surface area contributed by atoms with Crippen molar-refractivity contribution in [3.8, 4) is 11.5 Å². The van der Waals surface area contributed by atoms with E-state index in [9.17, 15) is 4.79 Å². The maximum atomic E-state index is 12.7. The molecule has 0 aliphatic carbocycles. The van der Waals surface area contributed by atoms with E-state index in [4.69, 9.17) is 14.2 Å². The number of benzene rings is 1. The van der Waals surface area contributed by atoms with Crippen molar-refractivity contribution in [1.82, 2.24) is 9.80 Å². The molecule has 3 aliphatic heterocycles. The van der Waals surface area contributed by atoms with E-state index in [1.54, 1.807) is 7.11 Å². The van der Waals surface area contributed by atoms with Gasteiger partial charge in [0.25, 0.3) is 0 Å². The molecule has 31 heavy (non-hydrogen) atoms. The van der Waals surface area contributed by atoms with Crippen LogP contribution in [-0.4, -0.2) is 55.7 Å². The van der Waals surface area contributed by atoms with Gasteiger partial charge in [-0.3, -0.25) is 0 Å². The van der Waals surface area contributed by atoms with Crippen molar-refractivity contribution >= 4 is 5.97 Å². The van der Waals surface area contributed by atoms with E-state index in [2.05, 4.69) is 24.6 Å². The van der Waals surface area contributed by atoms with E-state index in [0.717, 1.165) is 31.0 Å². The molecule has 0 bridgehead atoms. The molecule has 0 N–H and O–H groups in total. The van der Waals surface area contributed by atoms with Gasteiger partial charge in [0.1, 0.15) is 12.2 Å². The second kappa shape index (κ2) is 8.42. The summed E-state index contributed by atoms with van der Waals surface area (Å²) in [5.74, 6) is 1.27. The van der Waals surface area contributed by atoms with E-state index < -0.39 is 0 Å². The molecule has 166 valence electrons. The highest BCUT2D eigenvalue weighted by atomic mass is 16.6. The predicted molar refractivity (Wildman–Crippen MR) is 120 cm³/mol. The Labute approximate surface area is 184 Å². The SMILES string of the molecule is C=C[C@@]12CCN(C)Cc3ccc(OC)c(c31)O[C@H]2C[C@H](C)OC(=O)C1=CN(C)C=CC1. The van der Waals surface area contributed by atoms with Crippen molar-refractivity contribution in [2.75, 3.05) is 27.7 Å². The van der Waals surface area contributed by atoms with Crippen LogP contribution in [0.5, 0.6) is 11.5 Å². The largest absolute Gasteiger partial charge is 0.493 e. The fourth-order valence-electron chi connectivity index (χ4n) is 4.99. The van der Waals surface area contributed by atoms with Gasteiger partial charge in [0.05, 0.1) is 18.1 Å². The van der Waals surface area contributed by atoms with Crippen LogP contribution < -0.4 is 9.47 Å². The lowest BCUT2D eigenvalue weighted by atomic mass is 9.72. The molecular weight excluding hydrogens is 392 g/mol. The topological polar surface area (TPSA) is 51.2 Å². The van der Waals surface area contributed by atoms with Crippen LogP contribution in [0.25, 0.3) is 0 Å². The van der Waals surface area contributed by atoms with Crippen LogP contribution in [0.2, 0.25) is 0 Å². The van der Waals surface area contributed by atoms with Crippen LogP contribution in [0, 0.1) is 0 Å². The summed E-state index contributed by atoms with van der Waals surface area (Å²) in [5.41, 5.74) is 2.74. The highest BCUT2D eigenvalue weighted by Crippen LogP contribution is 2.54. The Balaban J connectivity index is 1.58. The Morgan fingerprint density at radius 2 is 2.23 bits per heavy atom. The molecule has 0 aromatic heterocycles. The lowest BCUT2D eigenvalue weighted by molar-refractivity contribution is -0.144.